The molecule has 6 heteroatoms. The molecule has 0 fully saturated rings. The number of benzene rings is 1. The number of likely N-dealkylation sites (N-methyl/N-ethyl adjacent to an activating group) is 1. The molecule has 1 aromatic carbocycles. The van der Waals surface area contributed by atoms with Gasteiger partial charge in [0, 0.05) is 20.2 Å². The Kier molecular flexibility index (Phi) is 10.7. The van der Waals surface area contributed by atoms with Crippen LogP contribution in [0.5, 0.6) is 5.75 Å². The highest BCUT2D eigenvalue weighted by Crippen LogP contribution is 2.24. The number of rotatable bonds is 11. The van der Waals surface area contributed by atoms with Gasteiger partial charge in [-0.2, -0.15) is 0 Å². The van der Waals surface area contributed by atoms with Gasteiger partial charge in [-0.05, 0) is 37.7 Å². The van der Waals surface area contributed by atoms with E-state index in [4.69, 9.17) is 14.5 Å². The highest BCUT2D eigenvalue weighted by Gasteiger charge is 2.18. The van der Waals surface area contributed by atoms with Crippen molar-refractivity contribution < 1.29 is 9.47 Å². The van der Waals surface area contributed by atoms with Gasteiger partial charge < -0.3 is 20.1 Å². The maximum atomic E-state index is 5.39. The number of nitrogens with one attached hydrogen (secondary N) is 2. The van der Waals surface area contributed by atoms with Gasteiger partial charge in [-0.25, -0.2) is 0 Å². The molecule has 0 aliphatic carbocycles. The Hall–Kier alpha value is -1.79. The molecule has 25 heavy (non-hydrogen) atoms. The lowest BCUT2D eigenvalue weighted by Crippen LogP contribution is -2.40. The van der Waals surface area contributed by atoms with Crippen LogP contribution >= 0.6 is 0 Å². The summed E-state index contributed by atoms with van der Waals surface area (Å²) in [6.45, 7) is 11.3. The highest BCUT2D eigenvalue weighted by molar-refractivity contribution is 5.79. The second kappa shape index (κ2) is 12.6. The quantitative estimate of drug-likeness (QED) is 0.364. The van der Waals surface area contributed by atoms with E-state index in [1.165, 1.54) is 5.56 Å². The van der Waals surface area contributed by atoms with E-state index < -0.39 is 0 Å². The van der Waals surface area contributed by atoms with Gasteiger partial charge in [0.25, 0.3) is 0 Å². The van der Waals surface area contributed by atoms with Gasteiger partial charge >= 0.3 is 0 Å². The molecule has 0 amide bonds. The Morgan fingerprint density at radius 3 is 2.52 bits per heavy atom. The van der Waals surface area contributed by atoms with Crippen LogP contribution < -0.4 is 15.4 Å². The van der Waals surface area contributed by atoms with Crippen LogP contribution in [0.3, 0.4) is 0 Å². The van der Waals surface area contributed by atoms with Crippen molar-refractivity contribution in [1.82, 2.24) is 15.5 Å². The topological polar surface area (TPSA) is 58.1 Å². The van der Waals surface area contributed by atoms with Crippen LogP contribution in [0.15, 0.2) is 29.3 Å². The van der Waals surface area contributed by atoms with Crippen LogP contribution in [0.4, 0.5) is 0 Å². The normalized spacial score (nSPS) is 13.0. The predicted molar refractivity (Wildman–Crippen MR) is 105 cm³/mol. The van der Waals surface area contributed by atoms with Crippen molar-refractivity contribution >= 4 is 5.96 Å². The summed E-state index contributed by atoms with van der Waals surface area (Å²) in [5.41, 5.74) is 1.22. The van der Waals surface area contributed by atoms with Gasteiger partial charge in [0.05, 0.1) is 26.3 Å². The Balaban J connectivity index is 2.96. The van der Waals surface area contributed by atoms with E-state index >= 15 is 0 Å². The number of ether oxygens (including phenoxy) is 2. The molecule has 0 radical (unpaired) electrons. The minimum atomic E-state index is 0.211. The highest BCUT2D eigenvalue weighted by atomic mass is 16.5. The molecule has 6 nitrogen and oxygen atoms in total. The van der Waals surface area contributed by atoms with E-state index in [2.05, 4.69) is 48.4 Å². The van der Waals surface area contributed by atoms with Crippen molar-refractivity contribution in [1.29, 1.82) is 0 Å². The molecule has 0 heterocycles. The van der Waals surface area contributed by atoms with E-state index in [1.807, 2.05) is 12.1 Å². The molecule has 0 spiro atoms. The van der Waals surface area contributed by atoms with Crippen molar-refractivity contribution in [2.75, 3.05) is 53.6 Å². The van der Waals surface area contributed by atoms with Gasteiger partial charge in [-0.1, -0.05) is 26.0 Å². The molecule has 1 rings (SSSR count). The summed E-state index contributed by atoms with van der Waals surface area (Å²) in [5, 5.41) is 6.58. The standard InChI is InChI=1S/C19H34N4O2/c1-6-20-19(21-12-13-24-4)22-15-18(23(7-2)8-3)16-10-9-11-17(14-16)25-5/h9-11,14,18H,6-8,12-13,15H2,1-5H3,(H2,20,21,22). The maximum Gasteiger partial charge on any atom is 0.191 e. The number of nitrogens with zero attached hydrogens (tertiary/aromatic N) is 2. The Morgan fingerprint density at radius 1 is 1.16 bits per heavy atom. The Morgan fingerprint density at radius 2 is 1.92 bits per heavy atom. The Bertz CT molecular complexity index is 504. The minimum absolute atomic E-state index is 0.211. The van der Waals surface area contributed by atoms with Gasteiger partial charge in [-0.15, -0.1) is 0 Å². The van der Waals surface area contributed by atoms with Crippen LogP contribution in [-0.4, -0.2) is 64.4 Å². The zero-order valence-electron chi connectivity index (χ0n) is 16.3. The molecule has 0 aromatic heterocycles. The summed E-state index contributed by atoms with van der Waals surface area (Å²) in [7, 11) is 3.40. The van der Waals surface area contributed by atoms with Crippen LogP contribution in [0.25, 0.3) is 0 Å². The number of guanidine groups is 1. The molecule has 0 aliphatic heterocycles. The number of methoxy groups -OCH3 is 2. The molecule has 0 saturated carbocycles. The largest absolute Gasteiger partial charge is 0.497 e. The van der Waals surface area contributed by atoms with Gasteiger partial charge in [-0.3, -0.25) is 9.89 Å². The van der Waals surface area contributed by atoms with Gasteiger partial charge in [0.2, 0.25) is 0 Å². The molecular weight excluding hydrogens is 316 g/mol. The molecule has 1 aromatic rings. The lowest BCUT2D eigenvalue weighted by Gasteiger charge is -2.29. The molecular formula is C19H34N4O2. The van der Waals surface area contributed by atoms with E-state index in [9.17, 15) is 0 Å². The van der Waals surface area contributed by atoms with Crippen molar-refractivity contribution in [3.8, 4) is 5.75 Å². The minimum Gasteiger partial charge on any atom is -0.497 e. The van der Waals surface area contributed by atoms with Gasteiger partial charge in [0.1, 0.15) is 5.75 Å². The smallest absolute Gasteiger partial charge is 0.191 e. The number of aliphatic imine (C=N–C) groups is 1. The summed E-state index contributed by atoms with van der Waals surface area (Å²) in [4.78, 5) is 7.20. The Labute approximate surface area is 152 Å². The SMILES string of the molecule is CCNC(=NCC(c1cccc(OC)c1)N(CC)CC)NCCOC. The predicted octanol–water partition coefficient (Wildman–Crippen LogP) is 2.28. The second-order valence-corrected chi connectivity index (χ2v) is 5.65. The molecule has 0 saturated heterocycles. The third kappa shape index (κ3) is 7.32. The second-order valence-electron chi connectivity index (χ2n) is 5.65. The summed E-state index contributed by atoms with van der Waals surface area (Å²) >= 11 is 0. The third-order valence-corrected chi connectivity index (χ3v) is 4.10. The fourth-order valence-corrected chi connectivity index (χ4v) is 2.74. The van der Waals surface area contributed by atoms with Crippen molar-refractivity contribution in [3.05, 3.63) is 29.8 Å². The van der Waals surface area contributed by atoms with E-state index in [1.54, 1.807) is 14.2 Å². The first-order valence-electron chi connectivity index (χ1n) is 9.09. The zero-order valence-corrected chi connectivity index (χ0v) is 16.3. The molecule has 1 unspecified atom stereocenters. The number of hydrogen-bond donors (Lipinski definition) is 2. The average Bonchev–Trinajstić information content (AvgIpc) is 2.65. The molecule has 0 bridgehead atoms. The molecule has 2 N–H and O–H groups in total. The van der Waals surface area contributed by atoms with Crippen molar-refractivity contribution in [2.24, 2.45) is 4.99 Å². The summed E-state index contributed by atoms with van der Waals surface area (Å²) < 4.78 is 10.5. The number of hydrogen-bond acceptors (Lipinski definition) is 4. The molecule has 142 valence electrons. The fraction of sp³-hybridized carbons (Fsp3) is 0.632. The summed E-state index contributed by atoms with van der Waals surface area (Å²) in [5.74, 6) is 1.70. The first-order valence-corrected chi connectivity index (χ1v) is 9.09. The lowest BCUT2D eigenvalue weighted by molar-refractivity contribution is 0.203. The maximum absolute atomic E-state index is 5.39. The van der Waals surface area contributed by atoms with Crippen LogP contribution in [0.1, 0.15) is 32.4 Å². The first-order chi connectivity index (χ1) is 12.2. The lowest BCUT2D eigenvalue weighted by atomic mass is 10.0. The van der Waals surface area contributed by atoms with E-state index in [-0.39, 0.29) is 6.04 Å². The van der Waals surface area contributed by atoms with Crippen LogP contribution in [0, 0.1) is 0 Å². The monoisotopic (exact) mass is 350 g/mol. The van der Waals surface area contributed by atoms with Gasteiger partial charge in [0.15, 0.2) is 5.96 Å². The average molecular weight is 351 g/mol. The third-order valence-electron chi connectivity index (χ3n) is 4.10. The van der Waals surface area contributed by atoms with Crippen LogP contribution in [0.2, 0.25) is 0 Å². The van der Waals surface area contributed by atoms with Crippen molar-refractivity contribution in [3.63, 3.8) is 0 Å². The van der Waals surface area contributed by atoms with Crippen molar-refractivity contribution in [2.45, 2.75) is 26.8 Å². The zero-order chi connectivity index (χ0) is 18.5. The van der Waals surface area contributed by atoms with Crippen LogP contribution in [-0.2, 0) is 4.74 Å². The molecule has 0 aliphatic rings. The summed E-state index contributed by atoms with van der Waals surface area (Å²) in [6.07, 6.45) is 0. The molecule has 1 atom stereocenters. The summed E-state index contributed by atoms with van der Waals surface area (Å²) in [6, 6.07) is 8.47. The van der Waals surface area contributed by atoms with E-state index in [0.717, 1.165) is 37.9 Å². The van der Waals surface area contributed by atoms with E-state index in [0.29, 0.717) is 13.2 Å². The fourth-order valence-electron chi connectivity index (χ4n) is 2.74. The first kappa shape index (κ1) is 21.3.